The minimum absolute atomic E-state index is 0.656. The summed E-state index contributed by atoms with van der Waals surface area (Å²) in [5.41, 5.74) is 4.59. The van der Waals surface area contributed by atoms with Crippen LogP contribution >= 0.6 is 0 Å². The summed E-state index contributed by atoms with van der Waals surface area (Å²) >= 11 is 0. The minimum atomic E-state index is 0.656. The number of fused-ring (bicyclic) bond motifs is 1. The van der Waals surface area contributed by atoms with E-state index >= 15 is 0 Å². The Kier molecular flexibility index (Phi) is 4.95. The van der Waals surface area contributed by atoms with E-state index in [-0.39, 0.29) is 0 Å². The summed E-state index contributed by atoms with van der Waals surface area (Å²) in [6.45, 7) is 0. The van der Waals surface area contributed by atoms with Crippen LogP contribution in [0.25, 0.3) is 16.9 Å². The van der Waals surface area contributed by atoms with Gasteiger partial charge in [-0.05, 0) is 42.5 Å². The molecule has 0 aliphatic rings. The highest BCUT2D eigenvalue weighted by Gasteiger charge is 2.12. The average molecular weight is 389 g/mol. The van der Waals surface area contributed by atoms with Gasteiger partial charge in [0.15, 0.2) is 11.5 Å². The van der Waals surface area contributed by atoms with Crippen molar-refractivity contribution in [3.63, 3.8) is 0 Å². The zero-order chi connectivity index (χ0) is 20.4. The number of nitrogens with zero attached hydrogens (tertiary/aromatic N) is 4. The summed E-state index contributed by atoms with van der Waals surface area (Å²) in [5, 5.41) is 3.40. The summed E-state index contributed by atoms with van der Waals surface area (Å²) in [7, 11) is 7.28. The second kappa shape index (κ2) is 7.71. The van der Waals surface area contributed by atoms with Crippen molar-refractivity contribution >= 4 is 23.0 Å². The van der Waals surface area contributed by atoms with Gasteiger partial charge in [0.2, 0.25) is 5.95 Å². The SMILES string of the molecule is COc1ccc(-c2cc3nccn3c(Nc3ccc(N(C)C)cc3)n2)cc1OC. The lowest BCUT2D eigenvalue weighted by atomic mass is 10.1. The number of ether oxygens (including phenoxy) is 2. The highest BCUT2D eigenvalue weighted by atomic mass is 16.5. The third-order valence-electron chi connectivity index (χ3n) is 4.71. The second-order valence-electron chi connectivity index (χ2n) is 6.76. The number of aromatic nitrogens is 3. The van der Waals surface area contributed by atoms with Gasteiger partial charge in [0.25, 0.3) is 0 Å². The Bertz CT molecular complexity index is 1140. The van der Waals surface area contributed by atoms with Gasteiger partial charge in [-0.2, -0.15) is 0 Å². The fraction of sp³-hybridized carbons (Fsp3) is 0.182. The van der Waals surface area contributed by atoms with E-state index in [1.807, 2.05) is 61.1 Å². The highest BCUT2D eigenvalue weighted by molar-refractivity contribution is 5.70. The Labute approximate surface area is 169 Å². The van der Waals surface area contributed by atoms with Crippen LogP contribution < -0.4 is 19.7 Å². The number of benzene rings is 2. The first-order chi connectivity index (χ1) is 14.1. The third kappa shape index (κ3) is 3.67. The molecule has 7 nitrogen and oxygen atoms in total. The maximum absolute atomic E-state index is 5.43. The monoisotopic (exact) mass is 389 g/mol. The topological polar surface area (TPSA) is 63.9 Å². The molecule has 0 atom stereocenters. The highest BCUT2D eigenvalue weighted by Crippen LogP contribution is 2.32. The van der Waals surface area contributed by atoms with E-state index in [1.54, 1.807) is 20.4 Å². The van der Waals surface area contributed by atoms with E-state index in [0.29, 0.717) is 17.4 Å². The molecule has 148 valence electrons. The molecule has 2 aromatic carbocycles. The predicted molar refractivity (Wildman–Crippen MR) is 116 cm³/mol. The lowest BCUT2D eigenvalue weighted by molar-refractivity contribution is 0.355. The summed E-state index contributed by atoms with van der Waals surface area (Å²) in [5.74, 6) is 2.02. The van der Waals surface area contributed by atoms with Crippen LogP contribution in [0.4, 0.5) is 17.3 Å². The van der Waals surface area contributed by atoms with Gasteiger partial charge in [0, 0.05) is 49.5 Å². The molecule has 1 N–H and O–H groups in total. The Morgan fingerprint density at radius 3 is 2.38 bits per heavy atom. The fourth-order valence-electron chi connectivity index (χ4n) is 3.13. The fourth-order valence-corrected chi connectivity index (χ4v) is 3.13. The summed E-state index contributed by atoms with van der Waals surface area (Å²) in [6, 6.07) is 15.9. The van der Waals surface area contributed by atoms with E-state index in [9.17, 15) is 0 Å². The van der Waals surface area contributed by atoms with Crippen LogP contribution in [0, 0.1) is 0 Å². The van der Waals surface area contributed by atoms with Crippen molar-refractivity contribution in [2.75, 3.05) is 38.5 Å². The molecule has 0 radical (unpaired) electrons. The molecule has 4 aromatic rings. The summed E-state index contributed by atoms with van der Waals surface area (Å²) < 4.78 is 12.7. The van der Waals surface area contributed by atoms with E-state index in [0.717, 1.165) is 28.3 Å². The Morgan fingerprint density at radius 2 is 1.69 bits per heavy atom. The van der Waals surface area contributed by atoms with Gasteiger partial charge in [0.1, 0.15) is 5.65 Å². The van der Waals surface area contributed by atoms with Crippen LogP contribution in [0.1, 0.15) is 0 Å². The van der Waals surface area contributed by atoms with Crippen LogP contribution in [0.15, 0.2) is 60.9 Å². The van der Waals surface area contributed by atoms with Crippen molar-refractivity contribution in [2.45, 2.75) is 0 Å². The molecule has 4 rings (SSSR count). The zero-order valence-corrected chi connectivity index (χ0v) is 16.9. The Balaban J connectivity index is 1.74. The van der Waals surface area contributed by atoms with Crippen molar-refractivity contribution in [1.29, 1.82) is 0 Å². The van der Waals surface area contributed by atoms with Gasteiger partial charge in [-0.1, -0.05) is 0 Å². The molecule has 0 aliphatic heterocycles. The Hall–Kier alpha value is -3.74. The van der Waals surface area contributed by atoms with E-state index in [2.05, 4.69) is 27.3 Å². The summed E-state index contributed by atoms with van der Waals surface area (Å²) in [4.78, 5) is 11.3. The van der Waals surface area contributed by atoms with Crippen molar-refractivity contribution in [1.82, 2.24) is 14.4 Å². The molecule has 0 spiro atoms. The van der Waals surface area contributed by atoms with Crippen molar-refractivity contribution < 1.29 is 9.47 Å². The lowest BCUT2D eigenvalue weighted by Gasteiger charge is -2.14. The van der Waals surface area contributed by atoms with Crippen LogP contribution in [-0.4, -0.2) is 42.7 Å². The number of nitrogens with one attached hydrogen (secondary N) is 1. The molecule has 0 saturated carbocycles. The van der Waals surface area contributed by atoms with E-state index in [1.165, 1.54) is 0 Å². The largest absolute Gasteiger partial charge is 0.493 e. The molecule has 2 aromatic heterocycles. The molecular weight excluding hydrogens is 366 g/mol. The van der Waals surface area contributed by atoms with Crippen LogP contribution in [0.3, 0.4) is 0 Å². The molecule has 0 amide bonds. The summed E-state index contributed by atoms with van der Waals surface area (Å²) in [6.07, 6.45) is 3.65. The molecule has 29 heavy (non-hydrogen) atoms. The van der Waals surface area contributed by atoms with Crippen LogP contribution in [0.5, 0.6) is 11.5 Å². The molecule has 0 unspecified atom stereocenters. The molecule has 0 fully saturated rings. The number of hydrogen-bond acceptors (Lipinski definition) is 6. The van der Waals surface area contributed by atoms with Crippen molar-refractivity contribution in [3.8, 4) is 22.8 Å². The van der Waals surface area contributed by atoms with Gasteiger partial charge in [-0.15, -0.1) is 0 Å². The standard InChI is InChI=1S/C22H23N5O2/c1-26(2)17-8-6-16(7-9-17)24-22-25-18(14-21-23-11-12-27(21)22)15-5-10-19(28-3)20(13-15)29-4/h5-14H,1-4H3,(H,24,25). The number of anilines is 3. The smallest absolute Gasteiger partial charge is 0.213 e. The first kappa shape index (κ1) is 18.6. The van der Waals surface area contributed by atoms with Gasteiger partial charge in [0.05, 0.1) is 19.9 Å². The van der Waals surface area contributed by atoms with E-state index in [4.69, 9.17) is 14.5 Å². The lowest BCUT2D eigenvalue weighted by Crippen LogP contribution is -2.08. The number of imidazole rings is 1. The van der Waals surface area contributed by atoms with Crippen molar-refractivity contribution in [2.24, 2.45) is 0 Å². The van der Waals surface area contributed by atoms with Crippen LogP contribution in [0.2, 0.25) is 0 Å². The first-order valence-electron chi connectivity index (χ1n) is 9.20. The quantitative estimate of drug-likeness (QED) is 0.533. The molecule has 0 aliphatic carbocycles. The van der Waals surface area contributed by atoms with Gasteiger partial charge in [-0.25, -0.2) is 9.97 Å². The number of hydrogen-bond donors (Lipinski definition) is 1. The minimum Gasteiger partial charge on any atom is -0.493 e. The first-order valence-corrected chi connectivity index (χ1v) is 9.20. The molecule has 2 heterocycles. The van der Waals surface area contributed by atoms with Gasteiger partial charge in [-0.3, -0.25) is 4.40 Å². The average Bonchev–Trinajstić information content (AvgIpc) is 3.22. The molecule has 0 saturated heterocycles. The van der Waals surface area contributed by atoms with Crippen LogP contribution in [-0.2, 0) is 0 Å². The molecular formula is C22H23N5O2. The molecule has 0 bridgehead atoms. The van der Waals surface area contributed by atoms with Gasteiger partial charge >= 0.3 is 0 Å². The molecule has 7 heteroatoms. The maximum atomic E-state index is 5.43. The number of rotatable bonds is 6. The maximum Gasteiger partial charge on any atom is 0.213 e. The third-order valence-corrected chi connectivity index (χ3v) is 4.71. The number of methoxy groups -OCH3 is 2. The normalized spacial score (nSPS) is 10.8. The predicted octanol–water partition coefficient (Wildman–Crippen LogP) is 4.22. The second-order valence-corrected chi connectivity index (χ2v) is 6.76. The van der Waals surface area contributed by atoms with Gasteiger partial charge < -0.3 is 19.7 Å². The van der Waals surface area contributed by atoms with E-state index < -0.39 is 0 Å². The Morgan fingerprint density at radius 1 is 0.931 bits per heavy atom. The van der Waals surface area contributed by atoms with Crippen molar-refractivity contribution in [3.05, 3.63) is 60.9 Å². The zero-order valence-electron chi connectivity index (χ0n) is 16.9.